The monoisotopic (exact) mass is 374 g/mol. The molecule has 2 aromatic heterocycles. The molecule has 1 N–H and O–H groups in total. The van der Waals surface area contributed by atoms with Gasteiger partial charge < -0.3 is 20.0 Å². The molecular formula is C18H26N6OS. The van der Waals surface area contributed by atoms with Crippen molar-refractivity contribution >= 4 is 28.3 Å². The first-order valence-corrected chi connectivity index (χ1v) is 9.60. The number of aryl methyl sites for hydroxylation is 2. The lowest BCUT2D eigenvalue weighted by atomic mass is 10.2. The highest BCUT2D eigenvalue weighted by Gasteiger charge is 2.23. The van der Waals surface area contributed by atoms with Gasteiger partial charge in [0.25, 0.3) is 0 Å². The summed E-state index contributed by atoms with van der Waals surface area (Å²) in [6.07, 6.45) is 1.77. The summed E-state index contributed by atoms with van der Waals surface area (Å²) in [4.78, 5) is 28.8. The molecule has 1 saturated heterocycles. The number of thiazole rings is 1. The molecule has 0 saturated carbocycles. The Kier molecular flexibility index (Phi) is 5.61. The van der Waals surface area contributed by atoms with Crippen LogP contribution in [0.2, 0.25) is 0 Å². The van der Waals surface area contributed by atoms with Crippen LogP contribution in [0, 0.1) is 13.8 Å². The zero-order chi connectivity index (χ0) is 18.7. The van der Waals surface area contributed by atoms with E-state index in [-0.39, 0.29) is 6.03 Å². The van der Waals surface area contributed by atoms with Crippen LogP contribution in [0.3, 0.4) is 0 Å². The van der Waals surface area contributed by atoms with Gasteiger partial charge in [0.15, 0.2) is 5.13 Å². The molecule has 0 bridgehead atoms. The quantitative estimate of drug-likeness (QED) is 0.889. The van der Waals surface area contributed by atoms with Crippen LogP contribution in [0.1, 0.15) is 16.1 Å². The largest absolute Gasteiger partial charge is 0.362 e. The topological polar surface area (TPSA) is 64.6 Å². The maximum Gasteiger partial charge on any atom is 0.317 e. The summed E-state index contributed by atoms with van der Waals surface area (Å²) in [5, 5.41) is 4.08. The number of urea groups is 1. The van der Waals surface area contributed by atoms with Gasteiger partial charge in [-0.2, -0.15) is 0 Å². The highest BCUT2D eigenvalue weighted by molar-refractivity contribution is 7.15. The van der Waals surface area contributed by atoms with Gasteiger partial charge in [0.05, 0.1) is 5.69 Å². The average molecular weight is 375 g/mol. The molecule has 0 atom stereocenters. The van der Waals surface area contributed by atoms with Crippen LogP contribution in [0.15, 0.2) is 18.3 Å². The second-order valence-electron chi connectivity index (χ2n) is 6.65. The fourth-order valence-electron chi connectivity index (χ4n) is 2.95. The number of pyridine rings is 1. The molecule has 3 rings (SSSR count). The molecule has 0 spiro atoms. The van der Waals surface area contributed by atoms with Gasteiger partial charge in [-0.1, -0.05) is 6.07 Å². The lowest BCUT2D eigenvalue weighted by Crippen LogP contribution is -2.51. The van der Waals surface area contributed by atoms with Crippen molar-refractivity contribution in [2.24, 2.45) is 0 Å². The second kappa shape index (κ2) is 7.90. The van der Waals surface area contributed by atoms with E-state index in [0.717, 1.165) is 35.3 Å². The van der Waals surface area contributed by atoms with Crippen LogP contribution >= 0.6 is 11.3 Å². The van der Waals surface area contributed by atoms with Crippen LogP contribution < -0.4 is 15.1 Å². The van der Waals surface area contributed by atoms with Gasteiger partial charge in [-0.3, -0.25) is 0 Å². The van der Waals surface area contributed by atoms with Gasteiger partial charge >= 0.3 is 6.03 Å². The van der Waals surface area contributed by atoms with Crippen molar-refractivity contribution in [1.82, 2.24) is 20.2 Å². The number of carbonyl (C=O) groups excluding carboxylic acids is 1. The Hall–Kier alpha value is -2.35. The Bertz CT molecular complexity index is 747. The fourth-order valence-corrected chi connectivity index (χ4v) is 3.91. The van der Waals surface area contributed by atoms with Gasteiger partial charge in [0.1, 0.15) is 5.82 Å². The van der Waals surface area contributed by atoms with Crippen molar-refractivity contribution in [2.75, 3.05) is 50.1 Å². The molecule has 0 aliphatic carbocycles. The molecule has 8 heteroatoms. The van der Waals surface area contributed by atoms with Crippen molar-refractivity contribution in [3.8, 4) is 0 Å². The number of piperazine rings is 1. The normalized spacial score (nSPS) is 14.5. The smallest absolute Gasteiger partial charge is 0.317 e. The summed E-state index contributed by atoms with van der Waals surface area (Å²) in [6, 6.07) is 3.86. The molecule has 1 fully saturated rings. The van der Waals surface area contributed by atoms with Crippen molar-refractivity contribution < 1.29 is 4.79 Å². The summed E-state index contributed by atoms with van der Waals surface area (Å²) in [5.74, 6) is 0.882. The standard InChI is InChI=1S/C18H26N6OS/c1-13-14(2)26-18(21-13)24-10-8-23(9-11-24)17(25)20-12-15-6-5-7-19-16(15)22(3)4/h5-7H,8-12H2,1-4H3,(H,20,25). The summed E-state index contributed by atoms with van der Waals surface area (Å²) in [6.45, 7) is 7.66. The van der Waals surface area contributed by atoms with Crippen LogP contribution in [0.5, 0.6) is 0 Å². The predicted octanol–water partition coefficient (Wildman–Crippen LogP) is 2.25. The molecule has 26 heavy (non-hydrogen) atoms. The molecule has 2 amide bonds. The zero-order valence-corrected chi connectivity index (χ0v) is 16.6. The highest BCUT2D eigenvalue weighted by Crippen LogP contribution is 2.26. The Morgan fingerprint density at radius 1 is 1.27 bits per heavy atom. The molecule has 1 aliphatic rings. The van der Waals surface area contributed by atoms with Gasteiger partial charge in [-0.25, -0.2) is 14.8 Å². The third kappa shape index (κ3) is 4.07. The lowest BCUT2D eigenvalue weighted by molar-refractivity contribution is 0.194. The van der Waals surface area contributed by atoms with Gasteiger partial charge in [0.2, 0.25) is 0 Å². The van der Waals surface area contributed by atoms with Gasteiger partial charge in [0, 0.05) is 63.5 Å². The van der Waals surface area contributed by atoms with E-state index in [4.69, 9.17) is 0 Å². The number of amides is 2. The second-order valence-corrected chi connectivity index (χ2v) is 7.83. The molecule has 2 aromatic rings. The van der Waals surface area contributed by atoms with E-state index >= 15 is 0 Å². The van der Waals surface area contributed by atoms with E-state index in [1.165, 1.54) is 4.88 Å². The van der Waals surface area contributed by atoms with E-state index in [2.05, 4.69) is 27.1 Å². The average Bonchev–Trinajstić information content (AvgIpc) is 2.99. The Balaban J connectivity index is 1.53. The minimum atomic E-state index is -0.0234. The Morgan fingerprint density at radius 2 is 2.00 bits per heavy atom. The van der Waals surface area contributed by atoms with Gasteiger partial charge in [-0.15, -0.1) is 11.3 Å². The molecule has 3 heterocycles. The van der Waals surface area contributed by atoms with E-state index in [0.29, 0.717) is 19.6 Å². The number of carbonyl (C=O) groups is 1. The molecule has 1 aliphatic heterocycles. The highest BCUT2D eigenvalue weighted by atomic mass is 32.1. The number of hydrogen-bond donors (Lipinski definition) is 1. The number of hydrogen-bond acceptors (Lipinski definition) is 6. The molecule has 0 unspecified atom stereocenters. The summed E-state index contributed by atoms with van der Waals surface area (Å²) in [7, 11) is 3.91. The van der Waals surface area contributed by atoms with Crippen LogP contribution in [-0.4, -0.2) is 61.2 Å². The fraction of sp³-hybridized carbons (Fsp3) is 0.500. The first-order chi connectivity index (χ1) is 12.5. The molecule has 0 radical (unpaired) electrons. The number of nitrogens with one attached hydrogen (secondary N) is 1. The van der Waals surface area contributed by atoms with Crippen molar-refractivity contribution in [2.45, 2.75) is 20.4 Å². The summed E-state index contributed by atoms with van der Waals surface area (Å²) < 4.78 is 0. The summed E-state index contributed by atoms with van der Waals surface area (Å²) >= 11 is 1.73. The molecular weight excluding hydrogens is 348 g/mol. The van der Waals surface area contributed by atoms with Crippen molar-refractivity contribution in [3.05, 3.63) is 34.5 Å². The predicted molar refractivity (Wildman–Crippen MR) is 106 cm³/mol. The maximum absolute atomic E-state index is 12.5. The maximum atomic E-state index is 12.5. The van der Waals surface area contributed by atoms with Crippen molar-refractivity contribution in [3.63, 3.8) is 0 Å². The van der Waals surface area contributed by atoms with Gasteiger partial charge in [-0.05, 0) is 19.9 Å². The molecule has 0 aromatic carbocycles. The summed E-state index contributed by atoms with van der Waals surface area (Å²) in [5.41, 5.74) is 2.11. The zero-order valence-electron chi connectivity index (χ0n) is 15.8. The number of anilines is 2. The SMILES string of the molecule is Cc1nc(N2CCN(C(=O)NCc3cccnc3N(C)C)CC2)sc1C. The van der Waals surface area contributed by atoms with Crippen LogP contribution in [-0.2, 0) is 6.54 Å². The van der Waals surface area contributed by atoms with E-state index in [9.17, 15) is 4.79 Å². The third-order valence-electron chi connectivity index (χ3n) is 4.58. The number of rotatable bonds is 4. The first kappa shape index (κ1) is 18.4. The number of aromatic nitrogens is 2. The third-order valence-corrected chi connectivity index (χ3v) is 5.71. The minimum Gasteiger partial charge on any atom is -0.362 e. The lowest BCUT2D eigenvalue weighted by Gasteiger charge is -2.34. The van der Waals surface area contributed by atoms with Crippen molar-refractivity contribution in [1.29, 1.82) is 0 Å². The van der Waals surface area contributed by atoms with Crippen LogP contribution in [0.25, 0.3) is 0 Å². The minimum absolute atomic E-state index is 0.0234. The van der Waals surface area contributed by atoms with E-state index in [1.807, 2.05) is 43.0 Å². The first-order valence-electron chi connectivity index (χ1n) is 8.78. The Labute approximate surface area is 158 Å². The number of nitrogens with zero attached hydrogens (tertiary/aromatic N) is 5. The molecule has 7 nitrogen and oxygen atoms in total. The molecule has 140 valence electrons. The Morgan fingerprint density at radius 3 is 2.62 bits per heavy atom. The van der Waals surface area contributed by atoms with E-state index < -0.39 is 0 Å². The van der Waals surface area contributed by atoms with E-state index in [1.54, 1.807) is 17.5 Å². The van der Waals surface area contributed by atoms with Crippen LogP contribution in [0.4, 0.5) is 15.7 Å².